The number of benzene rings is 1. The van der Waals surface area contributed by atoms with Crippen LogP contribution in [-0.4, -0.2) is 78.0 Å². The van der Waals surface area contributed by atoms with Crippen LogP contribution in [-0.2, 0) is 11.2 Å². The highest BCUT2D eigenvalue weighted by atomic mass is 32.1. The van der Waals surface area contributed by atoms with E-state index >= 15 is 0 Å². The number of piperazine rings is 1. The third-order valence-electron chi connectivity index (χ3n) is 5.75. The van der Waals surface area contributed by atoms with E-state index in [0.717, 1.165) is 26.1 Å². The fraction of sp³-hybridized carbons (Fsp3) is 0.333. The number of hydrogen-bond donors (Lipinski definition) is 0. The predicted molar refractivity (Wildman–Crippen MR) is 128 cm³/mol. The summed E-state index contributed by atoms with van der Waals surface area (Å²) in [6.07, 6.45) is 6.21. The normalized spacial score (nSPS) is 14.2. The molecule has 0 radical (unpaired) electrons. The molecule has 33 heavy (non-hydrogen) atoms. The number of anilines is 1. The number of amides is 2. The molecule has 1 aromatic carbocycles. The fourth-order valence-electron chi connectivity index (χ4n) is 3.77. The zero-order valence-electron chi connectivity index (χ0n) is 18.6. The molecule has 1 saturated heterocycles. The number of ether oxygens (including phenoxy) is 1. The Labute approximate surface area is 197 Å². The molecule has 1 aliphatic rings. The Kier molecular flexibility index (Phi) is 7.64. The second-order valence-corrected chi connectivity index (χ2v) is 8.65. The summed E-state index contributed by atoms with van der Waals surface area (Å²) in [5, 5.41) is 0.653. The van der Waals surface area contributed by atoms with Crippen LogP contribution in [0.1, 0.15) is 15.9 Å². The van der Waals surface area contributed by atoms with Crippen LogP contribution in [0.4, 0.5) is 5.00 Å². The Morgan fingerprint density at radius 3 is 2.39 bits per heavy atom. The first-order valence-electron chi connectivity index (χ1n) is 10.9. The number of hydrogen-bond acceptors (Lipinski definition) is 7. The number of aromatic nitrogens is 2. The van der Waals surface area contributed by atoms with Crippen molar-refractivity contribution in [3.8, 4) is 5.75 Å². The summed E-state index contributed by atoms with van der Waals surface area (Å²) in [5.41, 5.74) is 3.43. The van der Waals surface area contributed by atoms with Gasteiger partial charge in [-0.25, -0.2) is 0 Å². The van der Waals surface area contributed by atoms with E-state index in [1.54, 1.807) is 43.1 Å². The van der Waals surface area contributed by atoms with Crippen molar-refractivity contribution in [2.45, 2.75) is 6.42 Å². The Bertz CT molecular complexity index is 1040. The summed E-state index contributed by atoms with van der Waals surface area (Å²) in [4.78, 5) is 40.2. The van der Waals surface area contributed by atoms with E-state index in [4.69, 9.17) is 4.74 Å². The lowest BCUT2D eigenvalue weighted by Gasteiger charge is -2.35. The number of nitrogens with zero attached hydrogens (tertiary/aromatic N) is 5. The Morgan fingerprint density at radius 2 is 1.76 bits per heavy atom. The third-order valence-corrected chi connectivity index (χ3v) is 6.55. The number of carbonyl (C=O) groups is 2. The van der Waals surface area contributed by atoms with Crippen molar-refractivity contribution in [3.63, 3.8) is 0 Å². The first-order chi connectivity index (χ1) is 16.1. The van der Waals surface area contributed by atoms with Gasteiger partial charge in [0.2, 0.25) is 5.91 Å². The molecule has 0 spiro atoms. The van der Waals surface area contributed by atoms with Crippen molar-refractivity contribution in [2.24, 2.45) is 0 Å². The highest BCUT2D eigenvalue weighted by Gasteiger charge is 2.27. The summed E-state index contributed by atoms with van der Waals surface area (Å²) < 4.78 is 5.18. The van der Waals surface area contributed by atoms with Crippen molar-refractivity contribution in [1.82, 2.24) is 19.8 Å². The minimum absolute atomic E-state index is 0.00985. The van der Waals surface area contributed by atoms with Gasteiger partial charge in [0, 0.05) is 50.7 Å². The molecule has 1 fully saturated rings. The molecule has 172 valence electrons. The van der Waals surface area contributed by atoms with Gasteiger partial charge in [0.15, 0.2) is 0 Å². The molecule has 0 saturated carbocycles. The van der Waals surface area contributed by atoms with Crippen LogP contribution in [0.25, 0.3) is 0 Å². The van der Waals surface area contributed by atoms with E-state index < -0.39 is 0 Å². The van der Waals surface area contributed by atoms with Gasteiger partial charge in [-0.1, -0.05) is 0 Å². The van der Waals surface area contributed by atoms with Crippen molar-refractivity contribution in [2.75, 3.05) is 51.3 Å². The van der Waals surface area contributed by atoms with Crippen LogP contribution in [0.15, 0.2) is 60.5 Å². The molecule has 8 nitrogen and oxygen atoms in total. The Hall–Kier alpha value is -3.30. The first-order valence-corrected chi connectivity index (χ1v) is 11.8. The highest BCUT2D eigenvalue weighted by molar-refractivity contribution is 7.14. The predicted octanol–water partition coefficient (Wildman–Crippen LogP) is 2.58. The minimum Gasteiger partial charge on any atom is -0.497 e. The molecule has 0 N–H and O–H groups in total. The molecule has 0 aliphatic carbocycles. The van der Waals surface area contributed by atoms with Crippen molar-refractivity contribution in [1.29, 1.82) is 0 Å². The lowest BCUT2D eigenvalue weighted by atomic mass is 10.2. The second kappa shape index (κ2) is 11.0. The molecule has 0 unspecified atom stereocenters. The number of rotatable bonds is 8. The Balaban J connectivity index is 1.35. The van der Waals surface area contributed by atoms with Gasteiger partial charge in [-0.05, 0) is 48.4 Å². The summed E-state index contributed by atoms with van der Waals surface area (Å²) in [6, 6.07) is 11.0. The van der Waals surface area contributed by atoms with Gasteiger partial charge < -0.3 is 9.64 Å². The van der Waals surface area contributed by atoms with Crippen LogP contribution < -0.4 is 9.64 Å². The standard InChI is InChI=1S/C24H27N5O3S/c1-32-21-4-2-20(3-5-21)24(31)29(23-16-26-18-33-23)17-22(30)28-14-12-27(13-15-28)11-8-19-6-9-25-10-7-19/h2-7,9-10,16,18H,8,11-15,17H2,1H3. The second-order valence-electron chi connectivity index (χ2n) is 7.79. The smallest absolute Gasteiger partial charge is 0.259 e. The van der Waals surface area contributed by atoms with Crippen LogP contribution in [0.2, 0.25) is 0 Å². The van der Waals surface area contributed by atoms with Crippen LogP contribution in [0, 0.1) is 0 Å². The maximum atomic E-state index is 13.2. The van der Waals surface area contributed by atoms with Gasteiger partial charge >= 0.3 is 0 Å². The molecule has 2 amide bonds. The summed E-state index contributed by atoms with van der Waals surface area (Å²) in [6.45, 7) is 3.90. The molecule has 9 heteroatoms. The average molecular weight is 466 g/mol. The van der Waals surface area contributed by atoms with Crippen molar-refractivity contribution < 1.29 is 14.3 Å². The molecule has 0 atom stereocenters. The highest BCUT2D eigenvalue weighted by Crippen LogP contribution is 2.23. The molecule has 1 aliphatic heterocycles. The van der Waals surface area contributed by atoms with E-state index in [-0.39, 0.29) is 18.4 Å². The fourth-order valence-corrected chi connectivity index (χ4v) is 4.40. The van der Waals surface area contributed by atoms with Gasteiger partial charge in [-0.15, -0.1) is 11.3 Å². The van der Waals surface area contributed by atoms with Gasteiger partial charge in [0.05, 0.1) is 18.8 Å². The van der Waals surface area contributed by atoms with Crippen LogP contribution in [0.5, 0.6) is 5.75 Å². The largest absolute Gasteiger partial charge is 0.497 e. The molecular formula is C24H27N5O3S. The van der Waals surface area contributed by atoms with Gasteiger partial charge in [-0.3, -0.25) is 29.4 Å². The zero-order chi connectivity index (χ0) is 23.0. The average Bonchev–Trinajstić information content (AvgIpc) is 3.41. The van der Waals surface area contributed by atoms with Crippen LogP contribution in [0.3, 0.4) is 0 Å². The van der Waals surface area contributed by atoms with E-state index in [0.29, 0.717) is 29.4 Å². The molecule has 0 bridgehead atoms. The van der Waals surface area contributed by atoms with Gasteiger partial charge in [-0.2, -0.15) is 0 Å². The summed E-state index contributed by atoms with van der Waals surface area (Å²) >= 11 is 1.34. The van der Waals surface area contributed by atoms with E-state index in [2.05, 4.69) is 14.9 Å². The van der Waals surface area contributed by atoms with E-state index in [1.807, 2.05) is 29.4 Å². The molecule has 3 heterocycles. The number of carbonyl (C=O) groups excluding carboxylic acids is 2. The maximum Gasteiger partial charge on any atom is 0.259 e. The monoisotopic (exact) mass is 465 g/mol. The van der Waals surface area contributed by atoms with Gasteiger partial charge in [0.1, 0.15) is 17.3 Å². The topological polar surface area (TPSA) is 78.9 Å². The van der Waals surface area contributed by atoms with E-state index in [1.165, 1.54) is 21.8 Å². The molecule has 4 rings (SSSR count). The third kappa shape index (κ3) is 5.94. The van der Waals surface area contributed by atoms with Crippen molar-refractivity contribution >= 4 is 28.2 Å². The number of pyridine rings is 1. The molecule has 3 aromatic rings. The summed E-state index contributed by atoms with van der Waals surface area (Å²) in [5.74, 6) is 0.388. The number of thiazole rings is 1. The molecule has 2 aromatic heterocycles. The molecular weight excluding hydrogens is 438 g/mol. The zero-order valence-corrected chi connectivity index (χ0v) is 19.4. The maximum absolute atomic E-state index is 13.2. The number of methoxy groups -OCH3 is 1. The van der Waals surface area contributed by atoms with Gasteiger partial charge in [0.25, 0.3) is 5.91 Å². The van der Waals surface area contributed by atoms with E-state index in [9.17, 15) is 9.59 Å². The quantitative estimate of drug-likeness (QED) is 0.509. The van der Waals surface area contributed by atoms with Crippen molar-refractivity contribution in [3.05, 3.63) is 71.6 Å². The lowest BCUT2D eigenvalue weighted by molar-refractivity contribution is -0.131. The summed E-state index contributed by atoms with van der Waals surface area (Å²) in [7, 11) is 1.58. The minimum atomic E-state index is -0.230. The lowest BCUT2D eigenvalue weighted by Crippen LogP contribution is -2.52. The Morgan fingerprint density at radius 1 is 1.03 bits per heavy atom. The SMILES string of the molecule is COc1ccc(C(=O)N(CC(=O)N2CCN(CCc3ccncc3)CC2)c2cncs2)cc1. The van der Waals surface area contributed by atoms with Crippen LogP contribution >= 0.6 is 11.3 Å². The first kappa shape index (κ1) is 22.9.